The number of hydrogen-bond donors (Lipinski definition) is 0. The number of rotatable bonds is 2. The third-order valence-corrected chi connectivity index (χ3v) is 7.04. The topological polar surface area (TPSA) is 54.7 Å². The average Bonchev–Trinajstić information content (AvgIpc) is 3.38. The molecular weight excluding hydrogens is 474 g/mol. The third-order valence-electron chi connectivity index (χ3n) is 5.51. The summed E-state index contributed by atoms with van der Waals surface area (Å²) in [5, 5.41) is 0. The number of amides is 1. The Morgan fingerprint density at radius 1 is 0.935 bits per heavy atom. The van der Waals surface area contributed by atoms with Gasteiger partial charge in [-0.15, -0.1) is 0 Å². The Balaban J connectivity index is 1.63. The molecule has 0 unspecified atom stereocenters. The molecule has 5 aromatic rings. The van der Waals surface area contributed by atoms with Crippen molar-refractivity contribution in [2.75, 3.05) is 4.90 Å². The van der Waals surface area contributed by atoms with Crippen molar-refractivity contribution in [2.24, 2.45) is 0 Å². The molecule has 0 radical (unpaired) electrons. The van der Waals surface area contributed by atoms with Gasteiger partial charge in [0.1, 0.15) is 4.53 Å². The van der Waals surface area contributed by atoms with Gasteiger partial charge in [-0.25, -0.2) is 9.38 Å². The van der Waals surface area contributed by atoms with Gasteiger partial charge in [-0.2, -0.15) is 0 Å². The van der Waals surface area contributed by atoms with Gasteiger partial charge in [-0.1, -0.05) is 69.7 Å². The first-order chi connectivity index (χ1) is 15.1. The van der Waals surface area contributed by atoms with Crippen LogP contribution in [0.4, 0.5) is 5.69 Å². The molecule has 3 aromatic carbocycles. The molecule has 5 nitrogen and oxygen atoms in total. The van der Waals surface area contributed by atoms with Crippen LogP contribution in [0.5, 0.6) is 0 Å². The Morgan fingerprint density at radius 3 is 2.55 bits per heavy atom. The summed E-state index contributed by atoms with van der Waals surface area (Å²) in [6.45, 7) is 0.442. The zero-order valence-electron chi connectivity index (χ0n) is 16.1. The Morgan fingerprint density at radius 2 is 1.71 bits per heavy atom. The van der Waals surface area contributed by atoms with E-state index in [4.69, 9.17) is 0 Å². The lowest BCUT2D eigenvalue weighted by molar-refractivity contribution is -0.113. The van der Waals surface area contributed by atoms with Crippen LogP contribution < -0.4 is 15.0 Å². The molecule has 0 spiro atoms. The van der Waals surface area contributed by atoms with Crippen LogP contribution in [0.15, 0.2) is 82.1 Å². The van der Waals surface area contributed by atoms with Crippen LogP contribution in [-0.4, -0.2) is 15.3 Å². The zero-order valence-corrected chi connectivity index (χ0v) is 18.5. The second-order valence-corrected chi connectivity index (χ2v) is 9.26. The van der Waals surface area contributed by atoms with Crippen LogP contribution in [0.3, 0.4) is 0 Å². The van der Waals surface area contributed by atoms with E-state index in [-0.39, 0.29) is 11.5 Å². The van der Waals surface area contributed by atoms with Crippen LogP contribution in [0.25, 0.3) is 21.6 Å². The predicted molar refractivity (Wildman–Crippen MR) is 126 cm³/mol. The Hall–Kier alpha value is -3.29. The normalized spacial score (nSPS) is 15.3. The molecule has 0 N–H and O–H groups in total. The van der Waals surface area contributed by atoms with E-state index in [1.54, 1.807) is 9.30 Å². The van der Waals surface area contributed by atoms with Crippen molar-refractivity contribution in [1.82, 2.24) is 9.38 Å². The van der Waals surface area contributed by atoms with Gasteiger partial charge >= 0.3 is 0 Å². The summed E-state index contributed by atoms with van der Waals surface area (Å²) in [5.41, 5.74) is 4.37. The number of anilines is 1. The number of carbonyl (C=O) groups excluding carboxylic acids is 1. The highest BCUT2D eigenvalue weighted by atomic mass is 79.9. The molecule has 6 rings (SSSR count). The number of nitrogens with zero attached hydrogens (tertiary/aromatic N) is 3. The van der Waals surface area contributed by atoms with Crippen molar-refractivity contribution in [3.63, 3.8) is 0 Å². The van der Waals surface area contributed by atoms with Crippen molar-refractivity contribution in [2.45, 2.75) is 6.54 Å². The maximum atomic E-state index is 13.6. The molecule has 0 atom stereocenters. The Labute approximate surface area is 189 Å². The van der Waals surface area contributed by atoms with Gasteiger partial charge in [-0.05, 0) is 35.9 Å². The fraction of sp³-hybridized carbons (Fsp3) is 0.0417. The van der Waals surface area contributed by atoms with E-state index in [0.717, 1.165) is 32.3 Å². The molecule has 0 bridgehead atoms. The summed E-state index contributed by atoms with van der Waals surface area (Å²) in [5.74, 6) is -0.164. The fourth-order valence-electron chi connectivity index (χ4n) is 4.11. The fourth-order valence-corrected chi connectivity index (χ4v) is 5.55. The summed E-state index contributed by atoms with van der Waals surface area (Å²) >= 11 is 4.78. The van der Waals surface area contributed by atoms with E-state index in [0.29, 0.717) is 21.6 Å². The number of hydrogen-bond acceptors (Lipinski definition) is 4. The second kappa shape index (κ2) is 6.87. The summed E-state index contributed by atoms with van der Waals surface area (Å²) in [4.78, 5) is 34.0. The van der Waals surface area contributed by atoms with E-state index < -0.39 is 0 Å². The number of aromatic nitrogens is 2. The average molecular weight is 488 g/mol. The minimum Gasteiger partial charge on any atom is -0.303 e. The largest absolute Gasteiger partial charge is 0.303 e. The smallest absolute Gasteiger partial charge is 0.275 e. The Kier molecular flexibility index (Phi) is 4.09. The number of halogens is 1. The Bertz CT molecular complexity index is 1620. The van der Waals surface area contributed by atoms with Crippen molar-refractivity contribution in [1.29, 1.82) is 0 Å². The number of fused-ring (bicyclic) bond motifs is 4. The lowest BCUT2D eigenvalue weighted by Gasteiger charge is -2.17. The van der Waals surface area contributed by atoms with Crippen LogP contribution in [0, 0.1) is 0 Å². The number of benzene rings is 3. The molecule has 1 amide bonds. The van der Waals surface area contributed by atoms with Gasteiger partial charge < -0.3 is 4.90 Å². The van der Waals surface area contributed by atoms with E-state index in [1.165, 1.54) is 11.3 Å². The maximum Gasteiger partial charge on any atom is 0.275 e. The van der Waals surface area contributed by atoms with Crippen molar-refractivity contribution >= 4 is 60.4 Å². The van der Waals surface area contributed by atoms with Crippen molar-refractivity contribution in [3.8, 4) is 0 Å². The van der Waals surface area contributed by atoms with Crippen molar-refractivity contribution < 1.29 is 4.79 Å². The highest BCUT2D eigenvalue weighted by molar-refractivity contribution is 9.10. The van der Waals surface area contributed by atoms with Gasteiger partial charge in [0, 0.05) is 10.0 Å². The van der Waals surface area contributed by atoms with E-state index in [9.17, 15) is 9.59 Å². The predicted octanol–water partition coefficient (Wildman–Crippen LogP) is 4.14. The zero-order chi connectivity index (χ0) is 21.1. The first kappa shape index (κ1) is 18.5. The maximum absolute atomic E-state index is 13.6. The number of para-hydroxylation sites is 2. The molecule has 2 aromatic heterocycles. The van der Waals surface area contributed by atoms with Gasteiger partial charge in [0.2, 0.25) is 0 Å². The van der Waals surface area contributed by atoms with Crippen LogP contribution in [0.1, 0.15) is 11.1 Å². The third kappa shape index (κ3) is 2.77. The molecular formula is C24H14BrN3O2S. The van der Waals surface area contributed by atoms with Gasteiger partial charge in [0.15, 0.2) is 4.96 Å². The van der Waals surface area contributed by atoms with Gasteiger partial charge in [0.25, 0.3) is 11.5 Å². The minimum absolute atomic E-state index is 0.164. The number of thiazole rings is 1. The lowest BCUT2D eigenvalue weighted by atomic mass is 10.1. The second-order valence-electron chi connectivity index (χ2n) is 7.37. The number of carbonyl (C=O) groups is 1. The van der Waals surface area contributed by atoms with Crippen LogP contribution >= 0.6 is 27.3 Å². The molecule has 3 heterocycles. The highest BCUT2D eigenvalue weighted by Gasteiger charge is 2.34. The molecule has 1 aliphatic heterocycles. The molecule has 31 heavy (non-hydrogen) atoms. The lowest BCUT2D eigenvalue weighted by Crippen LogP contribution is -2.31. The molecule has 0 fully saturated rings. The minimum atomic E-state index is -0.204. The van der Waals surface area contributed by atoms with Crippen LogP contribution in [0.2, 0.25) is 0 Å². The van der Waals surface area contributed by atoms with E-state index >= 15 is 0 Å². The van der Waals surface area contributed by atoms with E-state index in [1.807, 2.05) is 72.8 Å². The summed E-state index contributed by atoms with van der Waals surface area (Å²) in [6.07, 6.45) is 0. The number of imidazole rings is 1. The highest BCUT2D eigenvalue weighted by Crippen LogP contribution is 2.38. The molecule has 0 saturated heterocycles. The van der Waals surface area contributed by atoms with Gasteiger partial charge in [0.05, 0.1) is 28.8 Å². The van der Waals surface area contributed by atoms with Crippen molar-refractivity contribution in [3.05, 3.63) is 103 Å². The quantitative estimate of drug-likeness (QED) is 0.376. The summed E-state index contributed by atoms with van der Waals surface area (Å²) in [7, 11) is 0. The van der Waals surface area contributed by atoms with E-state index in [2.05, 4.69) is 20.9 Å². The summed E-state index contributed by atoms with van der Waals surface area (Å²) < 4.78 is 2.89. The SMILES string of the molecule is O=C1/C(=c2\sc3nc4ccccc4n3c2=O)c2cc(Br)ccc2N1Cc1ccccc1. The van der Waals surface area contributed by atoms with Crippen LogP contribution in [-0.2, 0) is 11.3 Å². The van der Waals surface area contributed by atoms with Gasteiger partial charge in [-0.3, -0.25) is 9.59 Å². The molecule has 1 aliphatic rings. The molecule has 0 saturated carbocycles. The first-order valence-electron chi connectivity index (χ1n) is 9.72. The summed E-state index contributed by atoms with van der Waals surface area (Å²) in [6, 6.07) is 23.1. The molecule has 7 heteroatoms. The molecule has 150 valence electrons. The standard InChI is InChI=1S/C24H14BrN3O2S/c25-15-10-11-18-16(12-15)20(22(29)27(18)13-14-6-2-1-3-7-14)21-23(30)28-19-9-5-4-8-17(19)26-24(28)31-21/h1-12H,13H2/b21-20-. The first-order valence-corrected chi connectivity index (χ1v) is 11.3. The monoisotopic (exact) mass is 487 g/mol. The molecule has 0 aliphatic carbocycles.